The number of rotatable bonds is 3. The van der Waals surface area contributed by atoms with E-state index in [-0.39, 0.29) is 5.56 Å². The van der Waals surface area contributed by atoms with Crippen molar-refractivity contribution in [1.82, 2.24) is 19.9 Å². The Hall–Kier alpha value is -2.09. The molecule has 3 aromatic heterocycles. The maximum Gasteiger partial charge on any atom is 0.256 e. The molecule has 0 spiro atoms. The molecule has 1 aliphatic heterocycles. The lowest BCUT2D eigenvalue weighted by atomic mass is 10.1. The predicted octanol–water partition coefficient (Wildman–Crippen LogP) is 3.11. The molecule has 0 radical (unpaired) electrons. The van der Waals surface area contributed by atoms with E-state index in [2.05, 4.69) is 43.4 Å². The minimum atomic E-state index is -0.0791. The predicted molar refractivity (Wildman–Crippen MR) is 97.6 cm³/mol. The molecule has 1 aliphatic rings. The number of thiophene rings is 1. The van der Waals surface area contributed by atoms with Crippen molar-refractivity contribution in [3.05, 3.63) is 67.8 Å². The van der Waals surface area contributed by atoms with E-state index in [9.17, 15) is 4.79 Å². The van der Waals surface area contributed by atoms with Gasteiger partial charge in [0, 0.05) is 37.9 Å². The summed E-state index contributed by atoms with van der Waals surface area (Å²) in [6.07, 6.45) is 2.73. The highest BCUT2D eigenvalue weighted by molar-refractivity contribution is 7.71. The van der Waals surface area contributed by atoms with Gasteiger partial charge in [0.05, 0.1) is 16.1 Å². The van der Waals surface area contributed by atoms with E-state index < -0.39 is 0 Å². The fraction of sp³-hybridized carbons (Fsp3) is 0.235. The van der Waals surface area contributed by atoms with Crippen LogP contribution in [0, 0.1) is 4.77 Å². The molecule has 0 amide bonds. The standard InChI is InChI=1S/C17H16N4OS2/c22-16-12-10-21(6-5-13(12)19-17(23)20-16)9-11-3-4-14(18-8-11)15-2-1-7-24-15/h1-4,7-8H,5-6,9-10H2,(H2,19,20,22,23). The van der Waals surface area contributed by atoms with E-state index in [1.54, 1.807) is 11.3 Å². The summed E-state index contributed by atoms with van der Waals surface area (Å²) in [5, 5.41) is 2.05. The zero-order valence-corrected chi connectivity index (χ0v) is 14.5. The van der Waals surface area contributed by atoms with Gasteiger partial charge in [-0.25, -0.2) is 0 Å². The van der Waals surface area contributed by atoms with Gasteiger partial charge in [0.15, 0.2) is 4.77 Å². The van der Waals surface area contributed by atoms with Gasteiger partial charge >= 0.3 is 0 Å². The van der Waals surface area contributed by atoms with Crippen molar-refractivity contribution in [2.24, 2.45) is 0 Å². The van der Waals surface area contributed by atoms with Crippen LogP contribution in [-0.4, -0.2) is 26.4 Å². The zero-order chi connectivity index (χ0) is 16.5. The van der Waals surface area contributed by atoms with Crippen LogP contribution >= 0.6 is 23.6 Å². The summed E-state index contributed by atoms with van der Waals surface area (Å²) in [7, 11) is 0. The first kappa shape index (κ1) is 15.4. The Kier molecular flexibility index (Phi) is 4.13. The molecule has 3 aromatic rings. The lowest BCUT2D eigenvalue weighted by Gasteiger charge is -2.27. The molecule has 2 N–H and O–H groups in total. The number of nitrogens with zero attached hydrogens (tertiary/aromatic N) is 2. The second-order valence-electron chi connectivity index (χ2n) is 5.85. The average Bonchev–Trinajstić information content (AvgIpc) is 3.11. The first-order chi connectivity index (χ1) is 11.7. The number of hydrogen-bond donors (Lipinski definition) is 2. The second-order valence-corrected chi connectivity index (χ2v) is 7.21. The van der Waals surface area contributed by atoms with E-state index >= 15 is 0 Å². The van der Waals surface area contributed by atoms with E-state index in [1.807, 2.05) is 12.3 Å². The maximum absolute atomic E-state index is 12.1. The quantitative estimate of drug-likeness (QED) is 0.708. The second kappa shape index (κ2) is 6.43. The van der Waals surface area contributed by atoms with E-state index in [1.165, 1.54) is 4.88 Å². The fourth-order valence-electron chi connectivity index (χ4n) is 2.99. The van der Waals surface area contributed by atoms with Crippen LogP contribution in [0.4, 0.5) is 0 Å². The Labute approximate surface area is 148 Å². The van der Waals surface area contributed by atoms with Gasteiger partial charge in [0.2, 0.25) is 0 Å². The van der Waals surface area contributed by atoms with Crippen LogP contribution < -0.4 is 5.56 Å². The normalized spacial score (nSPS) is 14.5. The summed E-state index contributed by atoms with van der Waals surface area (Å²) in [5.41, 5.74) is 3.83. The third kappa shape index (κ3) is 3.10. The number of H-pyrrole nitrogens is 2. The van der Waals surface area contributed by atoms with Crippen LogP contribution in [0.25, 0.3) is 10.6 Å². The smallest absolute Gasteiger partial charge is 0.256 e. The van der Waals surface area contributed by atoms with Crippen LogP contribution in [0.5, 0.6) is 0 Å². The Morgan fingerprint density at radius 1 is 1.29 bits per heavy atom. The highest BCUT2D eigenvalue weighted by atomic mass is 32.1. The molecule has 0 saturated carbocycles. The van der Waals surface area contributed by atoms with Crippen molar-refractivity contribution in [2.45, 2.75) is 19.5 Å². The summed E-state index contributed by atoms with van der Waals surface area (Å²) in [4.78, 5) is 25.8. The molecule has 0 saturated heterocycles. The van der Waals surface area contributed by atoms with E-state index in [0.29, 0.717) is 11.3 Å². The molecule has 4 heterocycles. The summed E-state index contributed by atoms with van der Waals surface area (Å²) < 4.78 is 0.403. The summed E-state index contributed by atoms with van der Waals surface area (Å²) in [6.45, 7) is 2.31. The molecule has 0 unspecified atom stereocenters. The van der Waals surface area contributed by atoms with Crippen LogP contribution in [0.2, 0.25) is 0 Å². The lowest BCUT2D eigenvalue weighted by Crippen LogP contribution is -2.35. The molecule has 4 rings (SSSR count). The Morgan fingerprint density at radius 3 is 2.96 bits per heavy atom. The average molecular weight is 356 g/mol. The Balaban J connectivity index is 1.50. The van der Waals surface area contributed by atoms with E-state index in [0.717, 1.165) is 42.0 Å². The van der Waals surface area contributed by atoms with Gasteiger partial charge in [-0.3, -0.25) is 19.7 Å². The van der Waals surface area contributed by atoms with Gasteiger partial charge < -0.3 is 4.98 Å². The Morgan fingerprint density at radius 2 is 2.21 bits per heavy atom. The topological polar surface area (TPSA) is 64.8 Å². The van der Waals surface area contributed by atoms with Crippen molar-refractivity contribution in [1.29, 1.82) is 0 Å². The number of fused-ring (bicyclic) bond motifs is 1. The summed E-state index contributed by atoms with van der Waals surface area (Å²) >= 11 is 6.72. The number of nitrogens with one attached hydrogen (secondary N) is 2. The minimum absolute atomic E-state index is 0.0791. The summed E-state index contributed by atoms with van der Waals surface area (Å²) in [5.74, 6) is 0. The molecule has 0 aromatic carbocycles. The first-order valence-electron chi connectivity index (χ1n) is 7.74. The summed E-state index contributed by atoms with van der Waals surface area (Å²) in [6, 6.07) is 8.28. The number of aromatic amines is 2. The first-order valence-corrected chi connectivity index (χ1v) is 9.03. The third-order valence-electron chi connectivity index (χ3n) is 4.19. The molecular weight excluding hydrogens is 340 g/mol. The van der Waals surface area contributed by atoms with Crippen molar-refractivity contribution in [3.63, 3.8) is 0 Å². The van der Waals surface area contributed by atoms with Gasteiger partial charge in [-0.2, -0.15) is 0 Å². The van der Waals surface area contributed by atoms with Gasteiger partial charge in [-0.1, -0.05) is 12.1 Å². The third-order valence-corrected chi connectivity index (χ3v) is 5.29. The molecule has 0 bridgehead atoms. The zero-order valence-electron chi connectivity index (χ0n) is 12.9. The molecule has 0 fully saturated rings. The van der Waals surface area contributed by atoms with Crippen LogP contribution in [0.1, 0.15) is 16.8 Å². The number of aromatic nitrogens is 3. The van der Waals surface area contributed by atoms with Crippen molar-refractivity contribution in [2.75, 3.05) is 6.54 Å². The largest absolute Gasteiger partial charge is 0.335 e. The SMILES string of the molecule is O=c1[nH]c(=S)[nH]c2c1CN(Cc1ccc(-c3cccs3)nc1)CC2. The molecule has 122 valence electrons. The number of hydrogen-bond acceptors (Lipinski definition) is 5. The highest BCUT2D eigenvalue weighted by Gasteiger charge is 2.19. The van der Waals surface area contributed by atoms with Crippen LogP contribution in [0.15, 0.2) is 40.6 Å². The van der Waals surface area contributed by atoms with Crippen molar-refractivity contribution in [3.8, 4) is 10.6 Å². The van der Waals surface area contributed by atoms with Gasteiger partial charge in [-0.15, -0.1) is 11.3 Å². The van der Waals surface area contributed by atoms with Gasteiger partial charge in [0.1, 0.15) is 0 Å². The Bertz CT molecular complexity index is 958. The maximum atomic E-state index is 12.1. The minimum Gasteiger partial charge on any atom is -0.335 e. The molecule has 0 atom stereocenters. The van der Waals surface area contributed by atoms with Crippen LogP contribution in [-0.2, 0) is 19.5 Å². The number of pyridine rings is 1. The molecular formula is C17H16N4OS2. The fourth-order valence-corrected chi connectivity index (χ4v) is 3.91. The van der Waals surface area contributed by atoms with Crippen LogP contribution in [0.3, 0.4) is 0 Å². The molecule has 7 heteroatoms. The van der Waals surface area contributed by atoms with Gasteiger partial charge in [-0.05, 0) is 35.3 Å². The van der Waals surface area contributed by atoms with Crippen molar-refractivity contribution < 1.29 is 0 Å². The van der Waals surface area contributed by atoms with Gasteiger partial charge in [0.25, 0.3) is 5.56 Å². The lowest BCUT2D eigenvalue weighted by molar-refractivity contribution is 0.241. The van der Waals surface area contributed by atoms with E-state index in [4.69, 9.17) is 12.2 Å². The molecule has 0 aliphatic carbocycles. The highest BCUT2D eigenvalue weighted by Crippen LogP contribution is 2.23. The monoisotopic (exact) mass is 356 g/mol. The molecule has 24 heavy (non-hydrogen) atoms. The van der Waals surface area contributed by atoms with Crippen molar-refractivity contribution >= 4 is 23.6 Å². The molecule has 5 nitrogen and oxygen atoms in total.